The van der Waals surface area contributed by atoms with E-state index in [1.807, 2.05) is 30.3 Å². The summed E-state index contributed by atoms with van der Waals surface area (Å²) in [5.74, 6) is 0.993. The van der Waals surface area contributed by atoms with Gasteiger partial charge in [0, 0.05) is 23.7 Å². The molecule has 1 heterocycles. The van der Waals surface area contributed by atoms with Crippen molar-refractivity contribution in [3.05, 3.63) is 84.2 Å². The van der Waals surface area contributed by atoms with Gasteiger partial charge in [0.25, 0.3) is 0 Å². The van der Waals surface area contributed by atoms with Crippen LogP contribution >= 0.6 is 0 Å². The quantitative estimate of drug-likeness (QED) is 0.475. The fraction of sp³-hybridized carbons (Fsp3) is 0.0476. The Morgan fingerprint density at radius 2 is 1.70 bits per heavy atom. The van der Waals surface area contributed by atoms with Crippen molar-refractivity contribution < 1.29 is 9.50 Å². The van der Waals surface area contributed by atoms with Crippen LogP contribution in [0.15, 0.2) is 72.8 Å². The molecule has 0 fully saturated rings. The van der Waals surface area contributed by atoms with Crippen LogP contribution in [0.4, 0.5) is 21.8 Å². The van der Waals surface area contributed by atoms with Gasteiger partial charge in [0.05, 0.1) is 5.52 Å². The Hall–Kier alpha value is -3.67. The van der Waals surface area contributed by atoms with Crippen LogP contribution in [0.1, 0.15) is 5.56 Å². The Labute approximate surface area is 155 Å². The highest BCUT2D eigenvalue weighted by molar-refractivity contribution is 5.90. The first-order chi connectivity index (χ1) is 13.2. The number of aromatic hydroxyl groups is 1. The lowest BCUT2D eigenvalue weighted by Crippen LogP contribution is -2.05. The summed E-state index contributed by atoms with van der Waals surface area (Å²) in [5.41, 5.74) is 2.42. The molecule has 134 valence electrons. The molecular weight excluding hydrogens is 343 g/mol. The summed E-state index contributed by atoms with van der Waals surface area (Å²) in [5, 5.41) is 16.9. The third-order valence-electron chi connectivity index (χ3n) is 4.08. The smallest absolute Gasteiger partial charge is 0.229 e. The lowest BCUT2D eigenvalue weighted by molar-refractivity contribution is 0.475. The van der Waals surface area contributed by atoms with Crippen molar-refractivity contribution in [1.82, 2.24) is 9.97 Å². The van der Waals surface area contributed by atoms with E-state index in [9.17, 15) is 9.50 Å². The van der Waals surface area contributed by atoms with Gasteiger partial charge in [-0.05, 0) is 42.0 Å². The molecule has 0 atom stereocenters. The Kier molecular flexibility index (Phi) is 4.53. The number of phenols is 1. The van der Waals surface area contributed by atoms with E-state index in [0.717, 1.165) is 16.5 Å². The molecular formula is C21H17FN4O. The third kappa shape index (κ3) is 3.95. The SMILES string of the molecule is Oc1cccc(Nc2nc(NCc3ccc(F)cc3)c3ccccc3n2)c1. The number of benzene rings is 3. The van der Waals surface area contributed by atoms with E-state index in [2.05, 4.69) is 20.6 Å². The van der Waals surface area contributed by atoms with Crippen molar-refractivity contribution in [3.63, 3.8) is 0 Å². The number of phenolic OH excluding ortho intramolecular Hbond substituents is 1. The number of nitrogens with zero attached hydrogens (tertiary/aromatic N) is 2. The van der Waals surface area contributed by atoms with Gasteiger partial charge in [-0.3, -0.25) is 0 Å². The monoisotopic (exact) mass is 360 g/mol. The molecule has 0 spiro atoms. The van der Waals surface area contributed by atoms with Crippen LogP contribution in [-0.4, -0.2) is 15.1 Å². The van der Waals surface area contributed by atoms with Crippen molar-refractivity contribution in [2.45, 2.75) is 6.54 Å². The van der Waals surface area contributed by atoms with Crippen LogP contribution in [0, 0.1) is 5.82 Å². The third-order valence-corrected chi connectivity index (χ3v) is 4.08. The van der Waals surface area contributed by atoms with E-state index >= 15 is 0 Å². The Balaban J connectivity index is 1.64. The van der Waals surface area contributed by atoms with Crippen LogP contribution in [-0.2, 0) is 6.54 Å². The average Bonchev–Trinajstić information content (AvgIpc) is 2.67. The van der Waals surface area contributed by atoms with E-state index in [1.165, 1.54) is 12.1 Å². The average molecular weight is 360 g/mol. The molecule has 4 rings (SSSR count). The zero-order valence-corrected chi connectivity index (χ0v) is 14.4. The molecule has 0 aliphatic carbocycles. The summed E-state index contributed by atoms with van der Waals surface area (Å²) in [6, 6.07) is 20.8. The summed E-state index contributed by atoms with van der Waals surface area (Å²) in [6.45, 7) is 0.507. The maximum absolute atomic E-state index is 13.1. The minimum Gasteiger partial charge on any atom is -0.508 e. The molecule has 0 bridgehead atoms. The van der Waals surface area contributed by atoms with Crippen LogP contribution in [0.3, 0.4) is 0 Å². The molecule has 4 aromatic rings. The van der Waals surface area contributed by atoms with Gasteiger partial charge in [0.1, 0.15) is 17.4 Å². The molecule has 0 saturated heterocycles. The summed E-state index contributed by atoms with van der Waals surface area (Å²) in [4.78, 5) is 9.10. The fourth-order valence-electron chi connectivity index (χ4n) is 2.77. The first kappa shape index (κ1) is 16.8. The van der Waals surface area contributed by atoms with E-state index < -0.39 is 0 Å². The van der Waals surface area contributed by atoms with Gasteiger partial charge in [-0.1, -0.05) is 30.3 Å². The second kappa shape index (κ2) is 7.29. The Morgan fingerprint density at radius 1 is 0.889 bits per heavy atom. The fourth-order valence-corrected chi connectivity index (χ4v) is 2.77. The maximum atomic E-state index is 13.1. The number of anilines is 3. The molecule has 3 aromatic carbocycles. The highest BCUT2D eigenvalue weighted by atomic mass is 19.1. The molecule has 3 N–H and O–H groups in total. The lowest BCUT2D eigenvalue weighted by Gasteiger charge is -2.12. The van der Waals surface area contributed by atoms with E-state index in [-0.39, 0.29) is 11.6 Å². The lowest BCUT2D eigenvalue weighted by atomic mass is 10.2. The van der Waals surface area contributed by atoms with Gasteiger partial charge in [-0.25, -0.2) is 9.37 Å². The van der Waals surface area contributed by atoms with Crippen molar-refractivity contribution in [2.24, 2.45) is 0 Å². The van der Waals surface area contributed by atoms with E-state index in [1.54, 1.807) is 30.3 Å². The summed E-state index contributed by atoms with van der Waals surface area (Å²) in [7, 11) is 0. The molecule has 0 amide bonds. The Bertz CT molecular complexity index is 1080. The van der Waals surface area contributed by atoms with Crippen molar-refractivity contribution in [3.8, 4) is 5.75 Å². The first-order valence-corrected chi connectivity index (χ1v) is 8.48. The molecule has 0 aliphatic rings. The maximum Gasteiger partial charge on any atom is 0.229 e. The van der Waals surface area contributed by atoms with E-state index in [0.29, 0.717) is 24.0 Å². The predicted octanol–water partition coefficient (Wildman–Crippen LogP) is 4.83. The number of fused-ring (bicyclic) bond motifs is 1. The molecule has 0 aliphatic heterocycles. The van der Waals surface area contributed by atoms with Gasteiger partial charge in [-0.15, -0.1) is 0 Å². The number of halogens is 1. The van der Waals surface area contributed by atoms with Crippen molar-refractivity contribution >= 4 is 28.4 Å². The van der Waals surface area contributed by atoms with Crippen molar-refractivity contribution in [1.29, 1.82) is 0 Å². The van der Waals surface area contributed by atoms with E-state index in [4.69, 9.17) is 0 Å². The normalized spacial score (nSPS) is 10.7. The highest BCUT2D eigenvalue weighted by Gasteiger charge is 2.08. The predicted molar refractivity (Wildman–Crippen MR) is 105 cm³/mol. The molecule has 0 saturated carbocycles. The second-order valence-corrected chi connectivity index (χ2v) is 6.07. The topological polar surface area (TPSA) is 70.1 Å². The molecule has 0 unspecified atom stereocenters. The minimum absolute atomic E-state index is 0.162. The molecule has 27 heavy (non-hydrogen) atoms. The van der Waals surface area contributed by atoms with Gasteiger partial charge in [0.15, 0.2) is 0 Å². The molecule has 0 radical (unpaired) electrons. The zero-order chi connectivity index (χ0) is 18.6. The number of para-hydroxylation sites is 1. The second-order valence-electron chi connectivity index (χ2n) is 6.07. The minimum atomic E-state index is -0.260. The highest BCUT2D eigenvalue weighted by Crippen LogP contribution is 2.25. The first-order valence-electron chi connectivity index (χ1n) is 8.48. The van der Waals surface area contributed by atoms with Crippen LogP contribution < -0.4 is 10.6 Å². The number of rotatable bonds is 5. The zero-order valence-electron chi connectivity index (χ0n) is 14.4. The molecule has 5 nitrogen and oxygen atoms in total. The van der Waals surface area contributed by atoms with Gasteiger partial charge in [0.2, 0.25) is 5.95 Å². The number of hydrogen-bond donors (Lipinski definition) is 3. The van der Waals surface area contributed by atoms with Crippen LogP contribution in [0.25, 0.3) is 10.9 Å². The summed E-state index contributed by atoms with van der Waals surface area (Å²) in [6.07, 6.45) is 0. The summed E-state index contributed by atoms with van der Waals surface area (Å²) >= 11 is 0. The molecule has 1 aromatic heterocycles. The largest absolute Gasteiger partial charge is 0.508 e. The van der Waals surface area contributed by atoms with Crippen LogP contribution in [0.2, 0.25) is 0 Å². The van der Waals surface area contributed by atoms with Gasteiger partial charge < -0.3 is 15.7 Å². The van der Waals surface area contributed by atoms with Gasteiger partial charge in [-0.2, -0.15) is 4.98 Å². The summed E-state index contributed by atoms with van der Waals surface area (Å²) < 4.78 is 13.1. The standard InChI is InChI=1S/C21H17FN4O/c22-15-10-8-14(9-11-15)13-23-20-18-6-1-2-7-19(18)25-21(26-20)24-16-4-3-5-17(27)12-16/h1-12,27H,13H2,(H2,23,24,25,26). The number of aromatic nitrogens is 2. The van der Waals surface area contributed by atoms with Crippen LogP contribution in [0.5, 0.6) is 5.75 Å². The molecule has 6 heteroatoms. The van der Waals surface area contributed by atoms with Gasteiger partial charge >= 0.3 is 0 Å². The number of nitrogens with one attached hydrogen (secondary N) is 2. The Morgan fingerprint density at radius 3 is 2.52 bits per heavy atom. The van der Waals surface area contributed by atoms with Crippen molar-refractivity contribution in [2.75, 3.05) is 10.6 Å². The number of hydrogen-bond acceptors (Lipinski definition) is 5.